The molecule has 2 rings (SSSR count). The molecule has 35 heavy (non-hydrogen) atoms. The average molecular weight is 509 g/mol. The van der Waals surface area contributed by atoms with E-state index in [4.69, 9.17) is 9.47 Å². The fraction of sp³-hybridized carbons (Fsp3) is 0.292. The van der Waals surface area contributed by atoms with Gasteiger partial charge in [-0.05, 0) is 29.7 Å². The first kappa shape index (κ1) is 27.9. The number of aliphatic imine (C=N–C) groups is 2. The highest BCUT2D eigenvalue weighted by Gasteiger charge is 2.30. The predicted octanol–water partition coefficient (Wildman–Crippen LogP) is 4.60. The van der Waals surface area contributed by atoms with E-state index in [1.54, 1.807) is 26.4 Å². The number of alkyl halides is 3. The molecule has 0 fully saturated rings. The lowest BCUT2D eigenvalue weighted by Crippen LogP contribution is -2.14. The van der Waals surface area contributed by atoms with Gasteiger partial charge in [0.05, 0.1) is 34.9 Å². The number of pyridine rings is 1. The molecule has 0 aliphatic carbocycles. The molecule has 1 unspecified atom stereocenters. The molecule has 11 heteroatoms. The van der Waals surface area contributed by atoms with Crippen molar-refractivity contribution in [1.29, 1.82) is 0 Å². The minimum absolute atomic E-state index is 0.0229. The topological polar surface area (TPSA) is 85.2 Å². The van der Waals surface area contributed by atoms with Gasteiger partial charge in [0.1, 0.15) is 6.61 Å². The van der Waals surface area contributed by atoms with Gasteiger partial charge in [-0.15, -0.1) is 0 Å². The molecule has 0 aliphatic heterocycles. The highest BCUT2D eigenvalue weighted by Crippen LogP contribution is 2.29. The fourth-order valence-corrected chi connectivity index (χ4v) is 3.14. The van der Waals surface area contributed by atoms with Gasteiger partial charge >= 0.3 is 6.18 Å². The highest BCUT2D eigenvalue weighted by atomic mass is 32.2. The van der Waals surface area contributed by atoms with E-state index in [0.717, 1.165) is 29.5 Å². The highest BCUT2D eigenvalue weighted by molar-refractivity contribution is 7.82. The standard InChI is InChI=1S/C24H27F3N4O3S/c1-16(15-34-22-11-10-20(13-29-22)24(25,26)27)21(14-28-3)23(33-4)31-17(2)19-8-6-18(7-9-19)12-30-35(5)32/h6-11,13-14,30H,2,12,15H2,1,3-5H3/b21-16-,28-14?,31-23?. The zero-order valence-electron chi connectivity index (χ0n) is 19.8. The molecule has 0 radical (unpaired) electrons. The fourth-order valence-electron chi connectivity index (χ4n) is 2.77. The number of nitrogens with zero attached hydrogens (tertiary/aromatic N) is 3. The summed E-state index contributed by atoms with van der Waals surface area (Å²) in [4.78, 5) is 12.2. The summed E-state index contributed by atoms with van der Waals surface area (Å²) >= 11 is 0. The Balaban J connectivity index is 2.19. The van der Waals surface area contributed by atoms with Gasteiger partial charge in [-0.1, -0.05) is 30.8 Å². The van der Waals surface area contributed by atoms with E-state index < -0.39 is 22.7 Å². The smallest absolute Gasteiger partial charge is 0.417 e. The van der Waals surface area contributed by atoms with Gasteiger partial charge in [0.15, 0.2) is 0 Å². The van der Waals surface area contributed by atoms with E-state index >= 15 is 0 Å². The predicted molar refractivity (Wildman–Crippen MR) is 133 cm³/mol. The normalized spacial score (nSPS) is 14.0. The van der Waals surface area contributed by atoms with Gasteiger partial charge in [-0.3, -0.25) is 4.99 Å². The quantitative estimate of drug-likeness (QED) is 0.376. The van der Waals surface area contributed by atoms with Crippen molar-refractivity contribution in [2.45, 2.75) is 19.6 Å². The lowest BCUT2D eigenvalue weighted by atomic mass is 10.1. The number of hydrogen-bond acceptors (Lipinski definition) is 6. The summed E-state index contributed by atoms with van der Waals surface area (Å²) in [6.45, 7) is 6.26. The molecule has 2 aromatic rings. The van der Waals surface area contributed by atoms with Crippen molar-refractivity contribution in [3.63, 3.8) is 0 Å². The van der Waals surface area contributed by atoms with Crippen LogP contribution in [0.3, 0.4) is 0 Å². The molecule has 7 nitrogen and oxygen atoms in total. The summed E-state index contributed by atoms with van der Waals surface area (Å²) in [5, 5.41) is 0. The van der Waals surface area contributed by atoms with Crippen molar-refractivity contribution in [2.24, 2.45) is 9.98 Å². The summed E-state index contributed by atoms with van der Waals surface area (Å²) in [5.74, 6) is 0.293. The molecule has 0 spiro atoms. The number of ether oxygens (including phenoxy) is 2. The first-order valence-corrected chi connectivity index (χ1v) is 11.9. The molecule has 1 aromatic heterocycles. The van der Waals surface area contributed by atoms with E-state index in [9.17, 15) is 17.4 Å². The van der Waals surface area contributed by atoms with Crippen LogP contribution in [0.1, 0.15) is 23.6 Å². The lowest BCUT2D eigenvalue weighted by molar-refractivity contribution is -0.137. The van der Waals surface area contributed by atoms with Crippen LogP contribution < -0.4 is 9.46 Å². The maximum atomic E-state index is 12.7. The van der Waals surface area contributed by atoms with Gasteiger partial charge in [-0.25, -0.2) is 18.9 Å². The second kappa shape index (κ2) is 13.0. The van der Waals surface area contributed by atoms with Gasteiger partial charge in [-0.2, -0.15) is 13.2 Å². The number of halogens is 3. The Hall–Kier alpha value is -3.31. The van der Waals surface area contributed by atoms with Crippen molar-refractivity contribution >= 4 is 28.8 Å². The molecule has 0 saturated heterocycles. The van der Waals surface area contributed by atoms with Crippen LogP contribution >= 0.6 is 0 Å². The van der Waals surface area contributed by atoms with Crippen LogP contribution in [0.15, 0.2) is 70.3 Å². The summed E-state index contributed by atoms with van der Waals surface area (Å²) in [5.41, 5.74) is 2.51. The van der Waals surface area contributed by atoms with Crippen LogP contribution in [0.25, 0.3) is 5.70 Å². The zero-order chi connectivity index (χ0) is 26.0. The number of aromatic nitrogens is 1. The van der Waals surface area contributed by atoms with Crippen LogP contribution in [-0.2, 0) is 28.4 Å². The second-order valence-corrected chi connectivity index (χ2v) is 8.49. The van der Waals surface area contributed by atoms with Gasteiger partial charge in [0.2, 0.25) is 11.8 Å². The largest absolute Gasteiger partial charge is 0.481 e. The van der Waals surface area contributed by atoms with Gasteiger partial charge in [0.25, 0.3) is 0 Å². The Kier molecular flexibility index (Phi) is 10.3. The van der Waals surface area contributed by atoms with Crippen LogP contribution in [0.2, 0.25) is 0 Å². The summed E-state index contributed by atoms with van der Waals surface area (Å²) in [6, 6.07) is 9.51. The summed E-state index contributed by atoms with van der Waals surface area (Å²) < 4.78 is 63.2. The van der Waals surface area contributed by atoms with E-state index in [1.807, 2.05) is 24.3 Å². The third kappa shape index (κ3) is 8.76. The van der Waals surface area contributed by atoms with Crippen molar-refractivity contribution < 1.29 is 26.9 Å². The monoisotopic (exact) mass is 508 g/mol. The Morgan fingerprint density at radius 1 is 1.23 bits per heavy atom. The molecule has 188 valence electrons. The molecule has 1 heterocycles. The van der Waals surface area contributed by atoms with Gasteiger partial charge < -0.3 is 9.47 Å². The number of benzene rings is 1. The molecular formula is C24H27F3N4O3S. The summed E-state index contributed by atoms with van der Waals surface area (Å²) in [7, 11) is 1.94. The van der Waals surface area contributed by atoms with Crippen molar-refractivity contribution in [3.8, 4) is 5.88 Å². The Morgan fingerprint density at radius 3 is 2.43 bits per heavy atom. The Bertz CT molecular complexity index is 1130. The SMILES string of the molecule is C=C(N=C(OC)/C(C=NC)=C(/C)COc1ccc(C(F)(F)F)cn1)c1ccc(CNS(C)=O)cc1. The van der Waals surface area contributed by atoms with Crippen molar-refractivity contribution in [2.75, 3.05) is 27.0 Å². The van der Waals surface area contributed by atoms with E-state index in [-0.39, 0.29) is 18.4 Å². The zero-order valence-corrected chi connectivity index (χ0v) is 20.7. The Labute approximate surface area is 205 Å². The molecule has 1 aromatic carbocycles. The van der Waals surface area contributed by atoms with Crippen molar-refractivity contribution in [1.82, 2.24) is 9.71 Å². The number of hydrogen-bond donors (Lipinski definition) is 1. The van der Waals surface area contributed by atoms with Gasteiger partial charge in [0, 0.05) is 38.3 Å². The lowest BCUT2D eigenvalue weighted by Gasteiger charge is -2.13. The van der Waals surface area contributed by atoms with Crippen LogP contribution in [0, 0.1) is 0 Å². The van der Waals surface area contributed by atoms with Crippen LogP contribution in [0.5, 0.6) is 5.88 Å². The average Bonchev–Trinajstić information content (AvgIpc) is 2.83. The second-order valence-electron chi connectivity index (χ2n) is 7.29. The molecular weight excluding hydrogens is 481 g/mol. The van der Waals surface area contributed by atoms with E-state index in [0.29, 0.717) is 23.4 Å². The molecule has 0 bridgehead atoms. The molecule has 0 amide bonds. The van der Waals surface area contributed by atoms with Crippen molar-refractivity contribution in [3.05, 3.63) is 77.0 Å². The van der Waals surface area contributed by atoms with Crippen LogP contribution in [0.4, 0.5) is 13.2 Å². The third-order valence-corrected chi connectivity index (χ3v) is 5.20. The molecule has 0 saturated carbocycles. The number of methoxy groups -OCH3 is 1. The third-order valence-electron chi connectivity index (χ3n) is 4.65. The Morgan fingerprint density at radius 2 is 1.91 bits per heavy atom. The number of rotatable bonds is 10. The first-order valence-electron chi connectivity index (χ1n) is 10.3. The maximum Gasteiger partial charge on any atom is 0.417 e. The minimum Gasteiger partial charge on any atom is -0.481 e. The van der Waals surface area contributed by atoms with E-state index in [1.165, 1.54) is 7.11 Å². The maximum absolute atomic E-state index is 12.7. The van der Waals surface area contributed by atoms with Crippen LogP contribution in [-0.4, -0.2) is 48.3 Å². The minimum atomic E-state index is -4.47. The number of nitrogens with one attached hydrogen (secondary N) is 1. The van der Waals surface area contributed by atoms with E-state index in [2.05, 4.69) is 26.3 Å². The molecule has 0 aliphatic rings. The first-order chi connectivity index (χ1) is 16.5. The summed E-state index contributed by atoms with van der Waals surface area (Å²) in [6.07, 6.45) is -0.633. The molecule has 1 N–H and O–H groups in total. The molecule has 1 atom stereocenters.